The number of imide groups is 2. The lowest BCUT2D eigenvalue weighted by Crippen LogP contribution is -2.34. The van der Waals surface area contributed by atoms with Gasteiger partial charge in [0.05, 0.1) is 21.2 Å². The molecule has 13 heteroatoms. The Hall–Kier alpha value is -5.69. The fraction of sp³-hybridized carbons (Fsp3) is 0.152. The number of carbonyl (C=O) groups excluding carboxylic acids is 4. The molecular formula is C33H28N4O8S. The molecule has 0 aromatic heterocycles. The van der Waals surface area contributed by atoms with E-state index in [2.05, 4.69) is 10.9 Å². The number of nitrogens with zero attached hydrogens (tertiary/aromatic N) is 2. The standard InChI is InChI=1S/C33H28N4O8S/c1-21-20-27(45-25-8-4-23(5-9-25)35-37-32(40)18-19-33(37)41)12-15-29(21)46(42,43)28-13-10-26(11-14-28)44-24-6-2-22(3-7-24)34-36-30(38)16-17-31(36)39/h2-15,20,34-35H,16-19H2,1H3. The van der Waals surface area contributed by atoms with Crippen molar-refractivity contribution in [2.45, 2.75) is 42.4 Å². The Labute approximate surface area is 264 Å². The van der Waals surface area contributed by atoms with Crippen molar-refractivity contribution in [3.05, 3.63) is 96.6 Å². The number of aryl methyl sites for hydroxylation is 1. The van der Waals surface area contributed by atoms with E-state index in [0.717, 1.165) is 10.0 Å². The predicted molar refractivity (Wildman–Crippen MR) is 166 cm³/mol. The summed E-state index contributed by atoms with van der Waals surface area (Å²) >= 11 is 0. The minimum absolute atomic E-state index is 0.0918. The zero-order valence-electron chi connectivity index (χ0n) is 24.6. The zero-order valence-corrected chi connectivity index (χ0v) is 25.4. The average molecular weight is 641 g/mol. The molecule has 2 fully saturated rings. The number of ether oxygens (including phenoxy) is 2. The molecule has 234 valence electrons. The molecule has 0 spiro atoms. The normalized spacial score (nSPS) is 15.0. The van der Waals surface area contributed by atoms with Crippen LogP contribution in [-0.2, 0) is 29.0 Å². The van der Waals surface area contributed by atoms with Gasteiger partial charge in [0.1, 0.15) is 23.0 Å². The summed E-state index contributed by atoms with van der Waals surface area (Å²) < 4.78 is 38.6. The molecule has 2 aliphatic rings. The summed E-state index contributed by atoms with van der Waals surface area (Å²) in [5.41, 5.74) is 7.17. The van der Waals surface area contributed by atoms with Crippen LogP contribution in [0.15, 0.2) is 101 Å². The number of hydrogen-bond acceptors (Lipinski definition) is 10. The average Bonchev–Trinajstić information content (AvgIpc) is 3.53. The van der Waals surface area contributed by atoms with Gasteiger partial charge in [0.25, 0.3) is 0 Å². The van der Waals surface area contributed by atoms with Crippen molar-refractivity contribution < 1.29 is 37.1 Å². The smallest absolute Gasteiger partial charge is 0.248 e. The minimum Gasteiger partial charge on any atom is -0.457 e. The number of sulfone groups is 1. The van der Waals surface area contributed by atoms with Gasteiger partial charge in [0, 0.05) is 25.7 Å². The Morgan fingerprint density at radius 2 is 0.913 bits per heavy atom. The third-order valence-corrected chi connectivity index (χ3v) is 9.26. The zero-order chi connectivity index (χ0) is 32.4. The maximum Gasteiger partial charge on any atom is 0.248 e. The van der Waals surface area contributed by atoms with Crippen molar-refractivity contribution in [3.63, 3.8) is 0 Å². The van der Waals surface area contributed by atoms with Gasteiger partial charge in [-0.3, -0.25) is 30.0 Å². The van der Waals surface area contributed by atoms with Crippen molar-refractivity contribution in [1.82, 2.24) is 10.0 Å². The van der Waals surface area contributed by atoms with Crippen LogP contribution in [-0.4, -0.2) is 42.1 Å². The third kappa shape index (κ3) is 6.40. The van der Waals surface area contributed by atoms with Crippen LogP contribution in [0.5, 0.6) is 23.0 Å². The molecule has 4 amide bonds. The fourth-order valence-electron chi connectivity index (χ4n) is 4.93. The van der Waals surface area contributed by atoms with Crippen molar-refractivity contribution in [3.8, 4) is 23.0 Å². The number of anilines is 2. The predicted octanol–water partition coefficient (Wildman–Crippen LogP) is 5.36. The molecule has 0 radical (unpaired) electrons. The first-order chi connectivity index (χ1) is 22.1. The van der Waals surface area contributed by atoms with Gasteiger partial charge >= 0.3 is 0 Å². The quantitative estimate of drug-likeness (QED) is 0.217. The van der Waals surface area contributed by atoms with Gasteiger partial charge in [-0.25, -0.2) is 8.42 Å². The molecule has 2 N–H and O–H groups in total. The minimum atomic E-state index is -3.85. The van der Waals surface area contributed by atoms with E-state index < -0.39 is 9.84 Å². The summed E-state index contributed by atoms with van der Waals surface area (Å²) in [7, 11) is -3.85. The molecule has 2 heterocycles. The highest BCUT2D eigenvalue weighted by Crippen LogP contribution is 2.32. The van der Waals surface area contributed by atoms with E-state index >= 15 is 0 Å². The van der Waals surface area contributed by atoms with E-state index in [1.54, 1.807) is 79.7 Å². The maximum absolute atomic E-state index is 13.4. The SMILES string of the molecule is Cc1cc(Oc2ccc(NN3C(=O)CCC3=O)cc2)ccc1S(=O)(=O)c1ccc(Oc2ccc(NN3C(=O)CCC3=O)cc2)cc1. The van der Waals surface area contributed by atoms with Crippen molar-refractivity contribution in [1.29, 1.82) is 0 Å². The number of amides is 4. The monoisotopic (exact) mass is 640 g/mol. The molecule has 4 aromatic rings. The van der Waals surface area contributed by atoms with E-state index in [-0.39, 0.29) is 59.1 Å². The van der Waals surface area contributed by atoms with Crippen LogP contribution in [0.25, 0.3) is 0 Å². The van der Waals surface area contributed by atoms with Gasteiger partial charge in [-0.05, 0) is 103 Å². The number of carbonyl (C=O) groups is 4. The Morgan fingerprint density at radius 3 is 1.33 bits per heavy atom. The van der Waals surface area contributed by atoms with Crippen LogP contribution in [0.3, 0.4) is 0 Å². The summed E-state index contributed by atoms with van der Waals surface area (Å²) in [6.45, 7) is 1.68. The van der Waals surface area contributed by atoms with Crippen molar-refractivity contribution in [2.75, 3.05) is 10.9 Å². The Bertz CT molecular complexity index is 1910. The topological polar surface area (TPSA) is 151 Å². The number of nitrogens with one attached hydrogen (secondary N) is 2. The van der Waals surface area contributed by atoms with E-state index in [1.165, 1.54) is 18.2 Å². The van der Waals surface area contributed by atoms with Crippen LogP contribution in [0.4, 0.5) is 11.4 Å². The van der Waals surface area contributed by atoms with Crippen molar-refractivity contribution in [2.24, 2.45) is 0 Å². The number of rotatable bonds is 10. The Balaban J connectivity index is 1.07. The summed E-state index contributed by atoms with van der Waals surface area (Å²) in [6.07, 6.45) is 0.732. The highest BCUT2D eigenvalue weighted by atomic mass is 32.2. The lowest BCUT2D eigenvalue weighted by Gasteiger charge is -2.16. The molecule has 0 saturated carbocycles. The van der Waals surface area contributed by atoms with Gasteiger partial charge < -0.3 is 9.47 Å². The van der Waals surface area contributed by atoms with Gasteiger partial charge in [-0.1, -0.05) is 0 Å². The summed E-state index contributed by atoms with van der Waals surface area (Å²) in [5.74, 6) is 0.689. The second-order valence-electron chi connectivity index (χ2n) is 10.6. The van der Waals surface area contributed by atoms with Crippen molar-refractivity contribution >= 4 is 44.8 Å². The van der Waals surface area contributed by atoms with Gasteiger partial charge in [0.2, 0.25) is 33.5 Å². The molecule has 2 aliphatic heterocycles. The largest absolute Gasteiger partial charge is 0.457 e. The molecule has 46 heavy (non-hydrogen) atoms. The second kappa shape index (κ2) is 12.4. The van der Waals surface area contributed by atoms with E-state index in [0.29, 0.717) is 39.9 Å². The first kappa shape index (κ1) is 30.3. The molecule has 2 saturated heterocycles. The molecule has 4 aromatic carbocycles. The van der Waals surface area contributed by atoms with Gasteiger partial charge in [-0.15, -0.1) is 0 Å². The molecule has 0 bridgehead atoms. The van der Waals surface area contributed by atoms with Gasteiger partial charge in [-0.2, -0.15) is 10.0 Å². The highest BCUT2D eigenvalue weighted by molar-refractivity contribution is 7.91. The summed E-state index contributed by atoms with van der Waals surface area (Å²) in [4.78, 5) is 47.5. The first-order valence-corrected chi connectivity index (χ1v) is 15.8. The molecule has 0 atom stereocenters. The lowest BCUT2D eigenvalue weighted by molar-refractivity contribution is -0.138. The summed E-state index contributed by atoms with van der Waals surface area (Å²) in [6, 6.07) is 24.1. The van der Waals surface area contributed by atoms with Crippen LogP contribution >= 0.6 is 0 Å². The second-order valence-corrected chi connectivity index (χ2v) is 12.5. The molecule has 12 nitrogen and oxygen atoms in total. The Morgan fingerprint density at radius 1 is 0.543 bits per heavy atom. The summed E-state index contributed by atoms with van der Waals surface area (Å²) in [5, 5.41) is 2.00. The number of benzene rings is 4. The van der Waals surface area contributed by atoms with Crippen LogP contribution in [0.2, 0.25) is 0 Å². The van der Waals surface area contributed by atoms with E-state index in [1.807, 2.05) is 0 Å². The van der Waals surface area contributed by atoms with E-state index in [9.17, 15) is 27.6 Å². The van der Waals surface area contributed by atoms with E-state index in [4.69, 9.17) is 9.47 Å². The molecule has 0 unspecified atom stereocenters. The Kier molecular flexibility index (Phi) is 8.16. The number of hydrogen-bond donors (Lipinski definition) is 2. The fourth-order valence-corrected chi connectivity index (χ4v) is 6.41. The van der Waals surface area contributed by atoms with Crippen LogP contribution in [0.1, 0.15) is 31.2 Å². The first-order valence-electron chi connectivity index (χ1n) is 14.3. The lowest BCUT2D eigenvalue weighted by atomic mass is 10.2. The maximum atomic E-state index is 13.4. The third-order valence-electron chi connectivity index (χ3n) is 7.33. The highest BCUT2D eigenvalue weighted by Gasteiger charge is 2.30. The number of hydrazine groups is 2. The van der Waals surface area contributed by atoms with Crippen LogP contribution < -0.4 is 20.3 Å². The molecular weight excluding hydrogens is 612 g/mol. The molecule has 6 rings (SSSR count). The molecule has 0 aliphatic carbocycles. The van der Waals surface area contributed by atoms with Crippen LogP contribution in [0, 0.1) is 6.92 Å². The van der Waals surface area contributed by atoms with Gasteiger partial charge in [0.15, 0.2) is 0 Å².